The molecule has 4 aromatic rings. The molecule has 1 unspecified atom stereocenters. The van der Waals surface area contributed by atoms with Crippen LogP contribution < -0.4 is 9.62 Å². The first-order valence-corrected chi connectivity index (χ1v) is 15.5. The summed E-state index contributed by atoms with van der Waals surface area (Å²) in [5.41, 5.74) is 3.42. The van der Waals surface area contributed by atoms with Crippen LogP contribution in [0.25, 0.3) is 22.3 Å². The molecule has 212 valence electrons. The lowest BCUT2D eigenvalue weighted by atomic mass is 9.79. The number of nitrogens with one attached hydrogen (secondary N) is 1. The van der Waals surface area contributed by atoms with Crippen LogP contribution in [0.15, 0.2) is 59.0 Å². The van der Waals surface area contributed by atoms with E-state index < -0.39 is 23.0 Å². The number of nitrogens with zero attached hydrogens (tertiary/aromatic N) is 1. The van der Waals surface area contributed by atoms with Crippen molar-refractivity contribution in [2.24, 2.45) is 0 Å². The standard InChI is InChI=1S/C29H27BClFN2O6S/c1-33-29(35)27-23-12-22(16-3-4-16)25(13-26(23)40-28(27)17-5-7-19(32)8-6-17)34(41(2,37)38)20-9-10-21(24(31)11-20)18-14-30(36)39-15-18/h5-13,16,18,36H,3-4,14-15H2,1-2H3,(H,33,35). The van der Waals surface area contributed by atoms with Crippen molar-refractivity contribution in [2.45, 2.75) is 31.0 Å². The van der Waals surface area contributed by atoms with Crippen LogP contribution in [0.3, 0.4) is 0 Å². The van der Waals surface area contributed by atoms with E-state index in [1.165, 1.54) is 35.6 Å². The normalized spacial score (nSPS) is 17.3. The molecule has 0 radical (unpaired) electrons. The highest BCUT2D eigenvalue weighted by molar-refractivity contribution is 7.92. The van der Waals surface area contributed by atoms with Gasteiger partial charge in [-0.2, -0.15) is 0 Å². The third-order valence-electron chi connectivity index (χ3n) is 7.60. The summed E-state index contributed by atoms with van der Waals surface area (Å²) in [5.74, 6) is -0.534. The van der Waals surface area contributed by atoms with Crippen molar-refractivity contribution in [3.05, 3.63) is 82.1 Å². The second-order valence-corrected chi connectivity index (χ2v) is 12.8. The molecule has 2 heterocycles. The average molecular weight is 597 g/mol. The number of carbonyl (C=O) groups is 1. The summed E-state index contributed by atoms with van der Waals surface area (Å²) in [5, 5.41) is 13.3. The Morgan fingerprint density at radius 2 is 1.83 bits per heavy atom. The first-order valence-electron chi connectivity index (χ1n) is 13.2. The summed E-state index contributed by atoms with van der Waals surface area (Å²) < 4.78 is 53.0. The number of hydrogen-bond acceptors (Lipinski definition) is 6. The van der Waals surface area contributed by atoms with Crippen LogP contribution in [-0.4, -0.2) is 46.4 Å². The van der Waals surface area contributed by atoms with Crippen LogP contribution in [0.5, 0.6) is 0 Å². The molecule has 1 amide bonds. The highest BCUT2D eigenvalue weighted by Gasteiger charge is 2.35. The van der Waals surface area contributed by atoms with E-state index in [-0.39, 0.29) is 23.5 Å². The molecule has 2 N–H and O–H groups in total. The Morgan fingerprint density at radius 1 is 1.10 bits per heavy atom. The van der Waals surface area contributed by atoms with Gasteiger partial charge in [0.05, 0.1) is 23.2 Å². The monoisotopic (exact) mass is 596 g/mol. The summed E-state index contributed by atoms with van der Waals surface area (Å²) in [6, 6.07) is 14.2. The molecule has 8 nitrogen and oxygen atoms in total. The fourth-order valence-corrected chi connectivity index (χ4v) is 6.85. The zero-order valence-corrected chi connectivity index (χ0v) is 23.9. The van der Waals surface area contributed by atoms with E-state index in [4.69, 9.17) is 20.7 Å². The number of amides is 1. The van der Waals surface area contributed by atoms with Crippen LogP contribution in [0.1, 0.15) is 46.2 Å². The SMILES string of the molecule is CNC(=O)c1c(-c2ccc(F)cc2)oc2cc(N(c3ccc(C4COB(O)C4)c(Cl)c3)S(C)(=O)=O)c(C3CC3)cc12. The molecule has 0 spiro atoms. The lowest BCUT2D eigenvalue weighted by Crippen LogP contribution is -2.26. The van der Waals surface area contributed by atoms with Gasteiger partial charge < -0.3 is 19.4 Å². The highest BCUT2D eigenvalue weighted by atomic mass is 35.5. The minimum Gasteiger partial charge on any atom is -0.455 e. The van der Waals surface area contributed by atoms with E-state index in [0.717, 1.165) is 30.2 Å². The number of furan rings is 1. The summed E-state index contributed by atoms with van der Waals surface area (Å²) in [6.07, 6.45) is 3.27. The van der Waals surface area contributed by atoms with Crippen molar-refractivity contribution in [3.8, 4) is 11.3 Å². The molecule has 1 atom stereocenters. The minimum atomic E-state index is -3.86. The molecular weight excluding hydrogens is 570 g/mol. The molecule has 1 aliphatic carbocycles. The quantitative estimate of drug-likeness (QED) is 0.260. The Bertz CT molecular complexity index is 1770. The van der Waals surface area contributed by atoms with Crippen LogP contribution in [0.2, 0.25) is 11.3 Å². The number of hydrogen-bond donors (Lipinski definition) is 2. The number of fused-ring (bicyclic) bond motifs is 1. The van der Waals surface area contributed by atoms with E-state index in [9.17, 15) is 22.6 Å². The smallest absolute Gasteiger partial charge is 0.454 e. The first kappa shape index (κ1) is 27.8. The van der Waals surface area contributed by atoms with Crippen LogP contribution >= 0.6 is 11.6 Å². The Morgan fingerprint density at radius 3 is 2.41 bits per heavy atom. The van der Waals surface area contributed by atoms with Gasteiger partial charge in [0.15, 0.2) is 0 Å². The Kier molecular flexibility index (Phi) is 7.09. The van der Waals surface area contributed by atoms with Crippen molar-refractivity contribution in [2.75, 3.05) is 24.2 Å². The molecule has 1 saturated heterocycles. The molecule has 1 aromatic heterocycles. The molecule has 41 heavy (non-hydrogen) atoms. The second-order valence-electron chi connectivity index (χ2n) is 10.5. The maximum atomic E-state index is 13.7. The Hall–Kier alpha value is -3.38. The zero-order chi connectivity index (χ0) is 29.1. The van der Waals surface area contributed by atoms with Gasteiger partial charge in [0.1, 0.15) is 17.2 Å². The largest absolute Gasteiger partial charge is 0.455 e. The Labute approximate surface area is 242 Å². The van der Waals surface area contributed by atoms with Crippen LogP contribution in [-0.2, 0) is 14.7 Å². The summed E-state index contributed by atoms with van der Waals surface area (Å²) in [4.78, 5) is 13.1. The third kappa shape index (κ3) is 5.23. The second kappa shape index (κ2) is 10.5. The van der Waals surface area contributed by atoms with Gasteiger partial charge in [0.2, 0.25) is 10.0 Å². The number of sulfonamides is 1. The zero-order valence-electron chi connectivity index (χ0n) is 22.4. The lowest BCUT2D eigenvalue weighted by Gasteiger charge is -2.26. The van der Waals surface area contributed by atoms with E-state index in [1.54, 1.807) is 24.3 Å². The maximum Gasteiger partial charge on any atom is 0.454 e. The van der Waals surface area contributed by atoms with Gasteiger partial charge in [0, 0.05) is 41.6 Å². The third-order valence-corrected chi connectivity index (χ3v) is 9.00. The molecule has 1 aliphatic heterocycles. The fraction of sp³-hybridized carbons (Fsp3) is 0.276. The first-order chi connectivity index (χ1) is 19.5. The van der Waals surface area contributed by atoms with Crippen molar-refractivity contribution < 1.29 is 31.7 Å². The average Bonchev–Trinajstić information content (AvgIpc) is 3.58. The molecule has 1 saturated carbocycles. The molecular formula is C29H27BClFN2O6S. The molecule has 0 bridgehead atoms. The van der Waals surface area contributed by atoms with Gasteiger partial charge in [-0.25, -0.2) is 17.1 Å². The van der Waals surface area contributed by atoms with Gasteiger partial charge in [-0.1, -0.05) is 17.7 Å². The number of anilines is 2. The van der Waals surface area contributed by atoms with Crippen molar-refractivity contribution in [1.29, 1.82) is 0 Å². The lowest BCUT2D eigenvalue weighted by molar-refractivity contribution is 0.0964. The van der Waals surface area contributed by atoms with Gasteiger partial charge >= 0.3 is 7.12 Å². The maximum absolute atomic E-state index is 13.7. The summed E-state index contributed by atoms with van der Waals surface area (Å²) >= 11 is 6.65. The number of halogens is 2. The van der Waals surface area contributed by atoms with Crippen molar-refractivity contribution in [1.82, 2.24) is 5.32 Å². The molecule has 6 rings (SSSR count). The van der Waals surface area contributed by atoms with E-state index >= 15 is 0 Å². The van der Waals surface area contributed by atoms with E-state index in [2.05, 4.69) is 5.32 Å². The van der Waals surface area contributed by atoms with Gasteiger partial charge in [-0.05, 0) is 78.7 Å². The van der Waals surface area contributed by atoms with Crippen molar-refractivity contribution >= 4 is 57.0 Å². The Balaban J connectivity index is 1.53. The van der Waals surface area contributed by atoms with E-state index in [1.807, 2.05) is 6.07 Å². The summed E-state index contributed by atoms with van der Waals surface area (Å²) in [6.45, 7) is 0.321. The summed E-state index contributed by atoms with van der Waals surface area (Å²) in [7, 11) is -3.20. The molecule has 2 fully saturated rings. The van der Waals surface area contributed by atoms with Crippen LogP contribution in [0, 0.1) is 5.82 Å². The predicted octanol–water partition coefficient (Wildman–Crippen LogP) is 5.82. The number of rotatable bonds is 7. The van der Waals surface area contributed by atoms with E-state index in [0.29, 0.717) is 51.4 Å². The minimum absolute atomic E-state index is 0.104. The van der Waals surface area contributed by atoms with Crippen molar-refractivity contribution in [3.63, 3.8) is 0 Å². The molecule has 12 heteroatoms. The number of carbonyl (C=O) groups excluding carboxylic acids is 1. The van der Waals surface area contributed by atoms with Gasteiger partial charge in [-0.3, -0.25) is 4.79 Å². The van der Waals surface area contributed by atoms with Crippen LogP contribution in [0.4, 0.5) is 15.8 Å². The number of benzene rings is 3. The van der Waals surface area contributed by atoms with Gasteiger partial charge in [0.25, 0.3) is 5.91 Å². The highest BCUT2D eigenvalue weighted by Crippen LogP contribution is 2.49. The fourth-order valence-electron chi connectivity index (χ4n) is 5.51. The molecule has 3 aromatic carbocycles. The molecule has 2 aliphatic rings. The topological polar surface area (TPSA) is 109 Å². The predicted molar refractivity (Wildman–Crippen MR) is 157 cm³/mol. The van der Waals surface area contributed by atoms with Gasteiger partial charge in [-0.15, -0.1) is 0 Å².